The average molecular weight is 224 g/mol. The molecular weight excluding hydrogens is 210 g/mol. The van der Waals surface area contributed by atoms with E-state index in [9.17, 15) is 0 Å². The third-order valence-electron chi connectivity index (χ3n) is 3.12. The van der Waals surface area contributed by atoms with Gasteiger partial charge >= 0.3 is 0 Å². The average Bonchev–Trinajstić information content (AvgIpc) is 2.31. The van der Waals surface area contributed by atoms with E-state index in [1.165, 1.54) is 6.42 Å². The minimum Gasteiger partial charge on any atom is -0.396 e. The standard InChI is InChI=1S/C14H14N3/c15-13-10-16-9-12(11-5-2-1-3-6-11)14(13)17-7-4-8-17/h1-3,5-6,10H,4,7-8,15H2. The monoisotopic (exact) mass is 224 g/mol. The van der Waals surface area contributed by atoms with Crippen molar-refractivity contribution in [3.8, 4) is 11.1 Å². The van der Waals surface area contributed by atoms with E-state index in [2.05, 4.69) is 28.2 Å². The van der Waals surface area contributed by atoms with Gasteiger partial charge in [0.25, 0.3) is 0 Å². The van der Waals surface area contributed by atoms with Gasteiger partial charge in [-0.05, 0) is 12.0 Å². The van der Waals surface area contributed by atoms with Crippen LogP contribution in [0.5, 0.6) is 0 Å². The Kier molecular flexibility index (Phi) is 2.44. The summed E-state index contributed by atoms with van der Waals surface area (Å²) in [7, 11) is 0. The van der Waals surface area contributed by atoms with Crippen molar-refractivity contribution in [1.82, 2.24) is 4.98 Å². The van der Waals surface area contributed by atoms with Gasteiger partial charge < -0.3 is 10.6 Å². The molecular formula is C14H14N3. The number of rotatable bonds is 2. The summed E-state index contributed by atoms with van der Waals surface area (Å²) in [6.07, 6.45) is 5.98. The number of benzene rings is 1. The van der Waals surface area contributed by atoms with Crippen LogP contribution in [-0.4, -0.2) is 18.1 Å². The fourth-order valence-corrected chi connectivity index (χ4v) is 2.11. The van der Waals surface area contributed by atoms with Crippen LogP contribution in [0.2, 0.25) is 0 Å². The molecule has 1 fully saturated rings. The molecule has 2 heterocycles. The van der Waals surface area contributed by atoms with Crippen molar-refractivity contribution >= 4 is 11.4 Å². The fraction of sp³-hybridized carbons (Fsp3) is 0.214. The normalized spacial score (nSPS) is 14.5. The van der Waals surface area contributed by atoms with Crippen molar-refractivity contribution in [3.05, 3.63) is 42.7 Å². The third-order valence-corrected chi connectivity index (χ3v) is 3.12. The summed E-state index contributed by atoms with van der Waals surface area (Å²) in [5, 5.41) is 0. The smallest absolute Gasteiger partial charge is 0.0994 e. The van der Waals surface area contributed by atoms with Crippen LogP contribution in [0, 0.1) is 6.20 Å². The highest BCUT2D eigenvalue weighted by molar-refractivity contribution is 5.86. The number of hydrogen-bond acceptors (Lipinski definition) is 3. The summed E-state index contributed by atoms with van der Waals surface area (Å²) in [4.78, 5) is 6.37. The first kappa shape index (κ1) is 10.1. The molecule has 1 aliphatic heterocycles. The maximum atomic E-state index is 6.04. The minimum atomic E-state index is 0.738. The highest BCUT2D eigenvalue weighted by atomic mass is 15.2. The van der Waals surface area contributed by atoms with Crippen molar-refractivity contribution in [2.75, 3.05) is 23.7 Å². The van der Waals surface area contributed by atoms with E-state index in [1.807, 2.05) is 18.2 Å². The number of nitrogens with zero attached hydrogens (tertiary/aromatic N) is 2. The fourth-order valence-electron chi connectivity index (χ4n) is 2.11. The number of hydrogen-bond donors (Lipinski definition) is 1. The second kappa shape index (κ2) is 4.09. The van der Waals surface area contributed by atoms with Gasteiger partial charge in [-0.25, -0.2) is 0 Å². The molecule has 1 aromatic heterocycles. The second-order valence-corrected chi connectivity index (χ2v) is 4.26. The van der Waals surface area contributed by atoms with Crippen LogP contribution < -0.4 is 10.6 Å². The first-order valence-electron chi connectivity index (χ1n) is 5.83. The molecule has 0 saturated carbocycles. The highest BCUT2D eigenvalue weighted by Gasteiger charge is 2.21. The Morgan fingerprint density at radius 1 is 1.18 bits per heavy atom. The Morgan fingerprint density at radius 3 is 2.59 bits per heavy atom. The van der Waals surface area contributed by atoms with Crippen LogP contribution in [0.15, 0.2) is 36.5 Å². The van der Waals surface area contributed by atoms with Crippen molar-refractivity contribution in [2.45, 2.75) is 6.42 Å². The molecule has 1 radical (unpaired) electrons. The molecule has 17 heavy (non-hydrogen) atoms. The topological polar surface area (TPSA) is 42.1 Å². The number of pyridine rings is 1. The second-order valence-electron chi connectivity index (χ2n) is 4.26. The zero-order valence-corrected chi connectivity index (χ0v) is 9.56. The van der Waals surface area contributed by atoms with Gasteiger partial charge in [0.1, 0.15) is 0 Å². The third kappa shape index (κ3) is 1.73. The van der Waals surface area contributed by atoms with Gasteiger partial charge in [-0.2, -0.15) is 0 Å². The lowest BCUT2D eigenvalue weighted by atomic mass is 10.0. The molecule has 3 nitrogen and oxygen atoms in total. The van der Waals surface area contributed by atoms with Gasteiger partial charge in [-0.15, -0.1) is 0 Å². The quantitative estimate of drug-likeness (QED) is 0.851. The molecule has 2 N–H and O–H groups in total. The molecule has 3 rings (SSSR count). The first-order chi connectivity index (χ1) is 8.36. The van der Waals surface area contributed by atoms with Gasteiger partial charge in [-0.1, -0.05) is 30.3 Å². The lowest BCUT2D eigenvalue weighted by molar-refractivity contribution is 0.619. The molecule has 0 bridgehead atoms. The Morgan fingerprint density at radius 2 is 1.94 bits per heavy atom. The van der Waals surface area contributed by atoms with Crippen molar-refractivity contribution in [3.63, 3.8) is 0 Å². The zero-order valence-electron chi connectivity index (χ0n) is 9.56. The highest BCUT2D eigenvalue weighted by Crippen LogP contribution is 2.36. The summed E-state index contributed by atoms with van der Waals surface area (Å²) in [5.74, 6) is 0. The molecule has 3 heteroatoms. The minimum absolute atomic E-state index is 0.738. The van der Waals surface area contributed by atoms with E-state index in [0.717, 1.165) is 35.6 Å². The molecule has 85 valence electrons. The Labute approximate surface area is 101 Å². The molecule has 1 aromatic carbocycles. The van der Waals surface area contributed by atoms with Crippen LogP contribution in [0.1, 0.15) is 6.42 Å². The van der Waals surface area contributed by atoms with E-state index in [4.69, 9.17) is 5.73 Å². The zero-order chi connectivity index (χ0) is 11.7. The van der Waals surface area contributed by atoms with Gasteiger partial charge in [0.15, 0.2) is 0 Å². The molecule has 1 aliphatic rings. The van der Waals surface area contributed by atoms with Crippen LogP contribution in [-0.2, 0) is 0 Å². The number of aromatic nitrogens is 1. The van der Waals surface area contributed by atoms with Crippen molar-refractivity contribution < 1.29 is 0 Å². The SMILES string of the molecule is Nc1cn[c]c(-c2ccccc2)c1N1CCC1. The lowest BCUT2D eigenvalue weighted by Crippen LogP contribution is -2.37. The van der Waals surface area contributed by atoms with Gasteiger partial charge in [0.2, 0.25) is 0 Å². The molecule has 1 saturated heterocycles. The summed E-state index contributed by atoms with van der Waals surface area (Å²) in [6, 6.07) is 10.2. The van der Waals surface area contributed by atoms with E-state index < -0.39 is 0 Å². The molecule has 0 atom stereocenters. The van der Waals surface area contributed by atoms with E-state index in [0.29, 0.717) is 0 Å². The predicted molar refractivity (Wildman–Crippen MR) is 69.8 cm³/mol. The number of anilines is 2. The van der Waals surface area contributed by atoms with Crippen molar-refractivity contribution in [2.24, 2.45) is 0 Å². The van der Waals surface area contributed by atoms with Crippen LogP contribution >= 0.6 is 0 Å². The molecule has 2 aromatic rings. The van der Waals surface area contributed by atoms with Crippen LogP contribution in [0.4, 0.5) is 11.4 Å². The van der Waals surface area contributed by atoms with E-state index in [-0.39, 0.29) is 0 Å². The summed E-state index contributed by atoms with van der Waals surface area (Å²) in [5.41, 5.74) is 9.99. The Hall–Kier alpha value is -2.03. The molecule has 0 unspecified atom stereocenters. The first-order valence-corrected chi connectivity index (χ1v) is 5.83. The lowest BCUT2D eigenvalue weighted by Gasteiger charge is -2.35. The van der Waals surface area contributed by atoms with Crippen molar-refractivity contribution in [1.29, 1.82) is 0 Å². The summed E-state index contributed by atoms with van der Waals surface area (Å²) < 4.78 is 0. The maximum absolute atomic E-state index is 6.04. The van der Waals surface area contributed by atoms with E-state index in [1.54, 1.807) is 6.20 Å². The predicted octanol–water partition coefficient (Wildman–Crippen LogP) is 2.34. The largest absolute Gasteiger partial charge is 0.396 e. The van der Waals surface area contributed by atoms with Crippen LogP contribution in [0.3, 0.4) is 0 Å². The van der Waals surface area contributed by atoms with Gasteiger partial charge in [0, 0.05) is 18.7 Å². The number of nitrogen functional groups attached to an aromatic ring is 1. The molecule has 0 amide bonds. The summed E-state index contributed by atoms with van der Waals surface area (Å²) in [6.45, 7) is 2.14. The maximum Gasteiger partial charge on any atom is 0.0994 e. The summed E-state index contributed by atoms with van der Waals surface area (Å²) >= 11 is 0. The Balaban J connectivity index is 2.13. The molecule has 0 spiro atoms. The molecule has 0 aliphatic carbocycles. The van der Waals surface area contributed by atoms with Gasteiger partial charge in [0.05, 0.1) is 23.8 Å². The Bertz CT molecular complexity index is 518. The van der Waals surface area contributed by atoms with Crippen LogP contribution in [0.25, 0.3) is 11.1 Å². The number of nitrogens with two attached hydrogens (primary N) is 1. The van der Waals surface area contributed by atoms with E-state index >= 15 is 0 Å². The van der Waals surface area contributed by atoms with Gasteiger partial charge in [-0.3, -0.25) is 4.98 Å².